The highest BCUT2D eigenvalue weighted by molar-refractivity contribution is 6.18. The van der Waals surface area contributed by atoms with Gasteiger partial charge in [0, 0.05) is 18.5 Å². The summed E-state index contributed by atoms with van der Waals surface area (Å²) < 4.78 is 0. The first-order valence-electron chi connectivity index (χ1n) is 5.58. The average molecular weight is 204 g/mol. The maximum absolute atomic E-state index is 5.94. The molecule has 0 radical (unpaired) electrons. The van der Waals surface area contributed by atoms with Crippen molar-refractivity contribution in [3.8, 4) is 0 Å². The third-order valence-electron chi connectivity index (χ3n) is 3.23. The lowest BCUT2D eigenvalue weighted by molar-refractivity contribution is 0.192. The molecular weight excluding hydrogens is 182 g/mol. The average Bonchev–Trinajstić information content (AvgIpc) is 2.41. The van der Waals surface area contributed by atoms with Gasteiger partial charge in [-0.3, -0.25) is 0 Å². The van der Waals surface area contributed by atoms with Crippen molar-refractivity contribution in [1.82, 2.24) is 4.90 Å². The Morgan fingerprint density at radius 3 is 2.85 bits per heavy atom. The molecule has 0 aromatic rings. The van der Waals surface area contributed by atoms with E-state index in [0.717, 1.165) is 17.8 Å². The van der Waals surface area contributed by atoms with Gasteiger partial charge in [0.15, 0.2) is 0 Å². The standard InChI is InChI=1S/C11H22ClN/c1-3-10(2)13-7-5-4-6-11(8-12)9-13/h10-11H,3-9H2,1-2H3. The third-order valence-corrected chi connectivity index (χ3v) is 3.67. The van der Waals surface area contributed by atoms with Crippen molar-refractivity contribution in [3.63, 3.8) is 0 Å². The lowest BCUT2D eigenvalue weighted by Gasteiger charge is -2.28. The molecule has 1 aliphatic heterocycles. The summed E-state index contributed by atoms with van der Waals surface area (Å²) in [6.07, 6.45) is 5.31. The topological polar surface area (TPSA) is 3.24 Å². The van der Waals surface area contributed by atoms with Crippen LogP contribution < -0.4 is 0 Å². The van der Waals surface area contributed by atoms with Gasteiger partial charge in [-0.05, 0) is 38.6 Å². The molecule has 13 heavy (non-hydrogen) atoms. The first kappa shape index (κ1) is 11.3. The number of rotatable bonds is 3. The molecule has 1 heterocycles. The summed E-state index contributed by atoms with van der Waals surface area (Å²) in [6, 6.07) is 0.740. The summed E-state index contributed by atoms with van der Waals surface area (Å²) in [5, 5.41) is 0. The Hall–Kier alpha value is 0.250. The van der Waals surface area contributed by atoms with Crippen LogP contribution in [0.1, 0.15) is 39.5 Å². The minimum Gasteiger partial charge on any atom is -0.300 e. The van der Waals surface area contributed by atoms with Crippen LogP contribution in [0.3, 0.4) is 0 Å². The molecule has 1 nitrogen and oxygen atoms in total. The summed E-state index contributed by atoms with van der Waals surface area (Å²) in [7, 11) is 0. The first-order valence-corrected chi connectivity index (χ1v) is 6.11. The Balaban J connectivity index is 2.43. The van der Waals surface area contributed by atoms with Gasteiger partial charge in [-0.1, -0.05) is 13.3 Å². The lowest BCUT2D eigenvalue weighted by atomic mass is 10.1. The van der Waals surface area contributed by atoms with E-state index < -0.39 is 0 Å². The second kappa shape index (κ2) is 5.87. The Bertz CT molecular complexity index is 138. The van der Waals surface area contributed by atoms with Crippen LogP contribution in [0, 0.1) is 5.92 Å². The highest BCUT2D eigenvalue weighted by atomic mass is 35.5. The van der Waals surface area contributed by atoms with E-state index in [1.807, 2.05) is 0 Å². The van der Waals surface area contributed by atoms with Crippen LogP contribution in [0.4, 0.5) is 0 Å². The van der Waals surface area contributed by atoms with Gasteiger partial charge in [-0.15, -0.1) is 11.6 Å². The fourth-order valence-electron chi connectivity index (χ4n) is 2.05. The Labute approximate surface area is 87.4 Å². The molecule has 0 aromatic heterocycles. The molecule has 1 rings (SSSR count). The van der Waals surface area contributed by atoms with Gasteiger partial charge in [0.1, 0.15) is 0 Å². The second-order valence-electron chi connectivity index (χ2n) is 4.27. The third kappa shape index (κ3) is 3.47. The molecule has 2 atom stereocenters. The van der Waals surface area contributed by atoms with Crippen LogP contribution in [-0.2, 0) is 0 Å². The molecule has 0 amide bonds. The normalized spacial score (nSPS) is 28.4. The first-order chi connectivity index (χ1) is 6.27. The minimum absolute atomic E-state index is 0.734. The molecular formula is C11H22ClN. The van der Waals surface area contributed by atoms with E-state index in [0.29, 0.717) is 0 Å². The van der Waals surface area contributed by atoms with Gasteiger partial charge in [0.2, 0.25) is 0 Å². The maximum Gasteiger partial charge on any atom is 0.0263 e. The zero-order chi connectivity index (χ0) is 9.68. The van der Waals surface area contributed by atoms with Gasteiger partial charge in [-0.2, -0.15) is 0 Å². The van der Waals surface area contributed by atoms with Crippen LogP contribution in [0.2, 0.25) is 0 Å². The zero-order valence-electron chi connectivity index (χ0n) is 8.93. The Morgan fingerprint density at radius 2 is 2.23 bits per heavy atom. The lowest BCUT2D eigenvalue weighted by Crippen LogP contribution is -2.36. The van der Waals surface area contributed by atoms with E-state index in [-0.39, 0.29) is 0 Å². The Morgan fingerprint density at radius 1 is 1.46 bits per heavy atom. The SMILES string of the molecule is CCC(C)N1CCCCC(CCl)C1. The molecule has 0 spiro atoms. The Kier molecular flexibility index (Phi) is 5.12. The van der Waals surface area contributed by atoms with Crippen molar-refractivity contribution in [3.05, 3.63) is 0 Å². The predicted octanol–water partition coefficient (Wildman–Crippen LogP) is 3.13. The molecule has 0 saturated carbocycles. The van der Waals surface area contributed by atoms with Crippen molar-refractivity contribution in [2.45, 2.75) is 45.6 Å². The van der Waals surface area contributed by atoms with Gasteiger partial charge in [0.05, 0.1) is 0 Å². The van der Waals surface area contributed by atoms with E-state index in [2.05, 4.69) is 18.7 Å². The summed E-state index contributed by atoms with van der Waals surface area (Å²) >= 11 is 5.94. The van der Waals surface area contributed by atoms with Gasteiger partial charge >= 0.3 is 0 Å². The number of nitrogens with zero attached hydrogens (tertiary/aromatic N) is 1. The van der Waals surface area contributed by atoms with Crippen molar-refractivity contribution in [2.75, 3.05) is 19.0 Å². The van der Waals surface area contributed by atoms with E-state index in [4.69, 9.17) is 11.6 Å². The van der Waals surface area contributed by atoms with Crippen molar-refractivity contribution >= 4 is 11.6 Å². The number of alkyl halides is 1. The quantitative estimate of drug-likeness (QED) is 0.638. The van der Waals surface area contributed by atoms with E-state index in [1.165, 1.54) is 38.8 Å². The van der Waals surface area contributed by atoms with E-state index >= 15 is 0 Å². The second-order valence-corrected chi connectivity index (χ2v) is 4.58. The number of likely N-dealkylation sites (tertiary alicyclic amines) is 1. The van der Waals surface area contributed by atoms with Crippen molar-refractivity contribution in [2.24, 2.45) is 5.92 Å². The molecule has 1 aliphatic rings. The molecule has 0 bridgehead atoms. The highest BCUT2D eigenvalue weighted by Gasteiger charge is 2.20. The van der Waals surface area contributed by atoms with Gasteiger partial charge in [0.25, 0.3) is 0 Å². The number of halogens is 1. The largest absolute Gasteiger partial charge is 0.300 e. The predicted molar refractivity (Wildman–Crippen MR) is 59.4 cm³/mol. The molecule has 0 aromatic carbocycles. The van der Waals surface area contributed by atoms with Crippen LogP contribution >= 0.6 is 11.6 Å². The molecule has 0 N–H and O–H groups in total. The fourth-order valence-corrected chi connectivity index (χ4v) is 2.30. The molecule has 78 valence electrons. The van der Waals surface area contributed by atoms with Crippen LogP contribution in [0.25, 0.3) is 0 Å². The summed E-state index contributed by atoms with van der Waals surface area (Å²) in [5.41, 5.74) is 0. The summed E-state index contributed by atoms with van der Waals surface area (Å²) in [5.74, 6) is 1.57. The number of hydrogen-bond acceptors (Lipinski definition) is 1. The van der Waals surface area contributed by atoms with E-state index in [1.54, 1.807) is 0 Å². The fraction of sp³-hybridized carbons (Fsp3) is 1.00. The van der Waals surface area contributed by atoms with Gasteiger partial charge in [-0.25, -0.2) is 0 Å². The maximum atomic E-state index is 5.94. The van der Waals surface area contributed by atoms with Crippen LogP contribution in [0.5, 0.6) is 0 Å². The molecule has 1 fully saturated rings. The molecule has 0 aliphatic carbocycles. The molecule has 2 heteroatoms. The highest BCUT2D eigenvalue weighted by Crippen LogP contribution is 2.19. The van der Waals surface area contributed by atoms with Crippen LogP contribution in [-0.4, -0.2) is 29.9 Å². The smallest absolute Gasteiger partial charge is 0.0263 e. The van der Waals surface area contributed by atoms with Crippen molar-refractivity contribution < 1.29 is 0 Å². The number of hydrogen-bond donors (Lipinski definition) is 0. The molecule has 2 unspecified atom stereocenters. The zero-order valence-corrected chi connectivity index (χ0v) is 9.69. The van der Waals surface area contributed by atoms with Crippen molar-refractivity contribution in [1.29, 1.82) is 0 Å². The minimum atomic E-state index is 0.734. The monoisotopic (exact) mass is 203 g/mol. The summed E-state index contributed by atoms with van der Waals surface area (Å²) in [4.78, 5) is 2.61. The van der Waals surface area contributed by atoms with Gasteiger partial charge < -0.3 is 4.90 Å². The molecule has 1 saturated heterocycles. The van der Waals surface area contributed by atoms with Crippen LogP contribution in [0.15, 0.2) is 0 Å². The van der Waals surface area contributed by atoms with E-state index in [9.17, 15) is 0 Å². The summed E-state index contributed by atoms with van der Waals surface area (Å²) in [6.45, 7) is 7.10.